The summed E-state index contributed by atoms with van der Waals surface area (Å²) in [5.41, 5.74) is 0.902. The van der Waals surface area contributed by atoms with Crippen LogP contribution in [0.1, 0.15) is 65.5 Å². The van der Waals surface area contributed by atoms with Gasteiger partial charge in [-0.05, 0) is 89.8 Å². The van der Waals surface area contributed by atoms with Crippen molar-refractivity contribution in [3.8, 4) is 11.5 Å². The average molecular weight is 851 g/mol. The number of benzene rings is 2. The molecule has 2 N–H and O–H groups in total. The Labute approximate surface area is 354 Å². The van der Waals surface area contributed by atoms with Crippen molar-refractivity contribution in [2.24, 2.45) is 0 Å². The van der Waals surface area contributed by atoms with E-state index in [4.69, 9.17) is 28.4 Å². The molecule has 326 valence electrons. The van der Waals surface area contributed by atoms with Crippen LogP contribution < -0.4 is 20.1 Å². The van der Waals surface area contributed by atoms with Gasteiger partial charge in [0.05, 0.1) is 28.4 Å². The van der Waals surface area contributed by atoms with Gasteiger partial charge >= 0.3 is 24.1 Å². The fourth-order valence-electron chi connectivity index (χ4n) is 5.47. The Balaban J connectivity index is 2.22. The first-order chi connectivity index (χ1) is 27.4. The van der Waals surface area contributed by atoms with Crippen molar-refractivity contribution in [3.05, 3.63) is 59.7 Å². The molecular weight excluding hydrogens is 785 g/mol. The Morgan fingerprint density at radius 3 is 1.19 bits per heavy atom. The Bertz CT molecular complexity index is 1400. The molecule has 0 aromatic heterocycles. The fourth-order valence-corrected chi connectivity index (χ4v) is 7.39. The lowest BCUT2D eigenvalue weighted by molar-refractivity contribution is -0.144. The molecule has 2 aromatic carbocycles. The summed E-state index contributed by atoms with van der Waals surface area (Å²) in [6, 6.07) is 14.2. The van der Waals surface area contributed by atoms with E-state index in [1.54, 1.807) is 79.3 Å². The zero-order valence-electron chi connectivity index (χ0n) is 36.1. The van der Waals surface area contributed by atoms with Crippen LogP contribution in [-0.2, 0) is 40.0 Å². The van der Waals surface area contributed by atoms with Gasteiger partial charge in [-0.25, -0.2) is 19.2 Å². The highest BCUT2D eigenvalue weighted by atomic mass is 32.2. The van der Waals surface area contributed by atoms with Crippen molar-refractivity contribution >= 4 is 47.6 Å². The maximum Gasteiger partial charge on any atom is 0.408 e. The largest absolute Gasteiger partial charge is 0.497 e. The van der Waals surface area contributed by atoms with E-state index >= 15 is 0 Å². The number of thioether (sulfide) groups is 2. The van der Waals surface area contributed by atoms with E-state index in [-0.39, 0.29) is 0 Å². The van der Waals surface area contributed by atoms with Crippen molar-refractivity contribution in [2.75, 3.05) is 79.2 Å². The minimum absolute atomic E-state index is 0.303. The lowest BCUT2D eigenvalue weighted by Crippen LogP contribution is -2.47. The molecule has 0 aliphatic carbocycles. The summed E-state index contributed by atoms with van der Waals surface area (Å²) in [6.45, 7) is 14.2. The second kappa shape index (κ2) is 26.3. The van der Waals surface area contributed by atoms with Gasteiger partial charge < -0.3 is 48.9 Å². The molecule has 0 aliphatic heterocycles. The maximum absolute atomic E-state index is 12.8. The number of hydrogen-bond donors (Lipinski definition) is 2. The van der Waals surface area contributed by atoms with Crippen molar-refractivity contribution in [1.82, 2.24) is 20.4 Å². The van der Waals surface area contributed by atoms with Gasteiger partial charge in [0.1, 0.15) is 34.8 Å². The third kappa shape index (κ3) is 21.8. The van der Waals surface area contributed by atoms with Gasteiger partial charge in [-0.2, -0.15) is 23.5 Å². The molecule has 0 saturated carbocycles. The number of hydrogen-bond acceptors (Lipinski definition) is 14. The van der Waals surface area contributed by atoms with E-state index in [0.717, 1.165) is 34.5 Å². The zero-order chi connectivity index (χ0) is 43.1. The van der Waals surface area contributed by atoms with Crippen molar-refractivity contribution in [1.29, 1.82) is 0 Å². The van der Waals surface area contributed by atoms with Crippen LogP contribution in [0.5, 0.6) is 11.5 Å². The molecule has 0 radical (unpaired) electrons. The summed E-state index contributed by atoms with van der Waals surface area (Å²) < 4.78 is 31.5. The zero-order valence-corrected chi connectivity index (χ0v) is 37.7. The molecule has 16 heteroatoms. The van der Waals surface area contributed by atoms with E-state index in [1.165, 1.54) is 25.3 Å². The quantitative estimate of drug-likeness (QED) is 0.0645. The molecule has 0 heterocycles. The molecule has 0 fully saturated rings. The van der Waals surface area contributed by atoms with Crippen LogP contribution in [0.2, 0.25) is 0 Å². The first-order valence-corrected chi connectivity index (χ1v) is 21.8. The SMILES string of the molecule is COC(=O)[C@H](CCN(CCSCc1ccc(OC)cc1)CCN(CCSCc1ccc(OC)cc1)CC[C@H](NC(=O)OC(C)(C)C)C(=O)OC)NC(=O)OC(C)(C)C. The highest BCUT2D eigenvalue weighted by Gasteiger charge is 2.27. The summed E-state index contributed by atoms with van der Waals surface area (Å²) in [5, 5.41) is 5.38. The first kappa shape index (κ1) is 50.3. The third-order valence-corrected chi connectivity index (χ3v) is 10.5. The maximum atomic E-state index is 12.8. The summed E-state index contributed by atoms with van der Waals surface area (Å²) in [7, 11) is 5.88. The molecule has 2 atom stereocenters. The summed E-state index contributed by atoms with van der Waals surface area (Å²) in [6.07, 6.45) is -0.778. The Kier molecular flexibility index (Phi) is 22.8. The Hall–Kier alpha value is -3.86. The van der Waals surface area contributed by atoms with Crippen LogP contribution >= 0.6 is 23.5 Å². The third-order valence-electron chi connectivity index (χ3n) is 8.51. The van der Waals surface area contributed by atoms with Crippen LogP contribution in [0.25, 0.3) is 0 Å². The van der Waals surface area contributed by atoms with E-state index in [2.05, 4.69) is 44.7 Å². The molecule has 0 unspecified atom stereocenters. The molecule has 0 aliphatic rings. The van der Waals surface area contributed by atoms with E-state index in [1.807, 2.05) is 24.3 Å². The van der Waals surface area contributed by atoms with Crippen molar-refractivity contribution in [2.45, 2.75) is 89.2 Å². The van der Waals surface area contributed by atoms with Crippen LogP contribution in [0.4, 0.5) is 9.59 Å². The molecule has 14 nitrogen and oxygen atoms in total. The van der Waals surface area contributed by atoms with Gasteiger partial charge in [-0.1, -0.05) is 24.3 Å². The number of alkyl carbamates (subject to hydrolysis) is 2. The molecule has 0 spiro atoms. The standard InChI is InChI=1S/C42H66N4O10S2/c1-41(2,3)55-39(49)43-35(37(47)53-9)19-21-45(25-27-57-29-31-11-15-33(51-7)16-12-31)23-24-46(26-28-58-30-32-13-17-34(52-8)18-14-32)22-20-36(38(48)54-10)44-40(50)56-42(4,5)6/h11-18,35-36H,19-30H2,1-10H3,(H,43,49)(H,44,50)/t35-,36-/m0/s1. The Morgan fingerprint density at radius 2 is 0.897 bits per heavy atom. The number of nitrogens with one attached hydrogen (secondary N) is 2. The monoisotopic (exact) mass is 850 g/mol. The second-order valence-electron chi connectivity index (χ2n) is 15.5. The number of esters is 2. The number of amides is 2. The summed E-state index contributed by atoms with van der Waals surface area (Å²) in [5.74, 6) is 3.78. The summed E-state index contributed by atoms with van der Waals surface area (Å²) in [4.78, 5) is 55.5. The molecule has 2 aromatic rings. The number of carbonyl (C=O) groups excluding carboxylic acids is 4. The van der Waals surface area contributed by atoms with E-state index < -0.39 is 47.4 Å². The average Bonchev–Trinajstić information content (AvgIpc) is 3.17. The molecule has 58 heavy (non-hydrogen) atoms. The topological polar surface area (TPSA) is 154 Å². The highest BCUT2D eigenvalue weighted by molar-refractivity contribution is 7.98. The molecular formula is C42H66N4O10S2. The number of carbonyl (C=O) groups is 4. The van der Waals surface area contributed by atoms with Gasteiger partial charge in [-0.15, -0.1) is 0 Å². The van der Waals surface area contributed by atoms with E-state index in [9.17, 15) is 19.2 Å². The van der Waals surface area contributed by atoms with Crippen LogP contribution in [-0.4, -0.2) is 136 Å². The number of nitrogens with zero attached hydrogens (tertiary/aromatic N) is 2. The van der Waals surface area contributed by atoms with E-state index in [0.29, 0.717) is 52.1 Å². The van der Waals surface area contributed by atoms with Gasteiger partial charge in [0.2, 0.25) is 0 Å². The van der Waals surface area contributed by atoms with Crippen molar-refractivity contribution < 1.29 is 47.6 Å². The lowest BCUT2D eigenvalue weighted by Gasteiger charge is -2.30. The summed E-state index contributed by atoms with van der Waals surface area (Å²) >= 11 is 3.60. The van der Waals surface area contributed by atoms with Crippen molar-refractivity contribution in [3.63, 3.8) is 0 Å². The Morgan fingerprint density at radius 1 is 0.552 bits per heavy atom. The first-order valence-electron chi connectivity index (χ1n) is 19.5. The fraction of sp³-hybridized carbons (Fsp3) is 0.619. The van der Waals surface area contributed by atoms with Gasteiger partial charge in [0, 0.05) is 62.3 Å². The van der Waals surface area contributed by atoms with Crippen LogP contribution in [0.15, 0.2) is 48.5 Å². The second-order valence-corrected chi connectivity index (χ2v) is 17.7. The number of rotatable bonds is 25. The number of ether oxygens (including phenoxy) is 6. The molecule has 0 saturated heterocycles. The lowest BCUT2D eigenvalue weighted by atomic mass is 10.2. The minimum Gasteiger partial charge on any atom is -0.497 e. The van der Waals surface area contributed by atoms with Gasteiger partial charge in [0.15, 0.2) is 0 Å². The predicted molar refractivity (Wildman–Crippen MR) is 231 cm³/mol. The van der Waals surface area contributed by atoms with Gasteiger partial charge in [-0.3, -0.25) is 0 Å². The predicted octanol–water partition coefficient (Wildman–Crippen LogP) is 6.39. The molecule has 0 bridgehead atoms. The minimum atomic E-state index is -0.903. The van der Waals surface area contributed by atoms with Crippen LogP contribution in [0, 0.1) is 0 Å². The molecule has 2 rings (SSSR count). The highest BCUT2D eigenvalue weighted by Crippen LogP contribution is 2.19. The van der Waals surface area contributed by atoms with Gasteiger partial charge in [0.25, 0.3) is 0 Å². The smallest absolute Gasteiger partial charge is 0.408 e. The molecule has 2 amide bonds. The number of methoxy groups -OCH3 is 4. The normalized spacial score (nSPS) is 12.7. The van der Waals surface area contributed by atoms with Crippen LogP contribution in [0.3, 0.4) is 0 Å².